The van der Waals surface area contributed by atoms with Gasteiger partial charge >= 0.3 is 5.91 Å². The van der Waals surface area contributed by atoms with E-state index in [9.17, 15) is 4.79 Å². The highest BCUT2D eigenvalue weighted by molar-refractivity contribution is 5.96. The molecule has 0 saturated heterocycles. The summed E-state index contributed by atoms with van der Waals surface area (Å²) in [5.41, 5.74) is 10.2. The van der Waals surface area contributed by atoms with Crippen LogP contribution in [0.15, 0.2) is 42.1 Å². The smallest absolute Gasteiger partial charge is 0.311 e. The predicted molar refractivity (Wildman–Crippen MR) is 107 cm³/mol. The summed E-state index contributed by atoms with van der Waals surface area (Å²) in [7, 11) is 0. The Hall–Kier alpha value is -2.30. The Bertz CT molecular complexity index is 790. The molecular formula is C22H30ClN3O. The second-order valence-corrected chi connectivity index (χ2v) is 6.93. The van der Waals surface area contributed by atoms with E-state index in [1.54, 1.807) is 0 Å². The van der Waals surface area contributed by atoms with Crippen LogP contribution in [0.5, 0.6) is 0 Å². The molecule has 1 atom stereocenters. The first-order valence-corrected chi connectivity index (χ1v) is 9.00. The molecule has 2 rings (SSSR count). The number of carbonyl (C=O) groups is 1. The summed E-state index contributed by atoms with van der Waals surface area (Å²) in [4.78, 5) is 12.4. The average Bonchev–Trinajstić information content (AvgIpc) is 2.65. The van der Waals surface area contributed by atoms with E-state index in [1.165, 1.54) is 27.8 Å². The number of nitrogens with one attached hydrogen (secondary N) is 2. The molecule has 0 radical (unpaired) electrons. The molecule has 0 heterocycles. The first-order valence-electron chi connectivity index (χ1n) is 9.00. The lowest BCUT2D eigenvalue weighted by Gasteiger charge is -2.17. The topological polar surface area (TPSA) is 68.8 Å². The van der Waals surface area contributed by atoms with Gasteiger partial charge in [-0.25, -0.2) is 5.43 Å². The Morgan fingerprint density at radius 2 is 1.63 bits per heavy atom. The molecule has 0 fully saturated rings. The molecule has 0 bridgehead atoms. The number of amides is 1. The Balaban J connectivity index is 0.00000364. The lowest BCUT2D eigenvalue weighted by atomic mass is 9.93. The van der Waals surface area contributed by atoms with E-state index < -0.39 is 0 Å². The molecule has 0 aliphatic carbocycles. The zero-order chi connectivity index (χ0) is 19.3. The van der Waals surface area contributed by atoms with E-state index >= 15 is 0 Å². The van der Waals surface area contributed by atoms with E-state index in [2.05, 4.69) is 69.4 Å². The molecule has 0 aromatic heterocycles. The molecule has 27 heavy (non-hydrogen) atoms. The third-order valence-electron chi connectivity index (χ3n) is 5.09. The monoisotopic (exact) mass is 387 g/mol. The molecule has 4 nitrogen and oxygen atoms in total. The third kappa shape index (κ3) is 5.59. The Labute approximate surface area is 168 Å². The average molecular weight is 388 g/mol. The van der Waals surface area contributed by atoms with Crippen LogP contribution in [0, 0.1) is 27.7 Å². The molecule has 5 heteroatoms. The van der Waals surface area contributed by atoms with Crippen LogP contribution in [0.4, 0.5) is 0 Å². The van der Waals surface area contributed by atoms with Crippen LogP contribution in [0.3, 0.4) is 0 Å². The van der Waals surface area contributed by atoms with Gasteiger partial charge in [0.1, 0.15) is 5.70 Å². The van der Waals surface area contributed by atoms with Crippen molar-refractivity contribution in [2.75, 3.05) is 6.54 Å². The molecule has 0 aliphatic rings. The van der Waals surface area contributed by atoms with Gasteiger partial charge in [-0.1, -0.05) is 43.3 Å². The lowest BCUT2D eigenvalue weighted by molar-refractivity contribution is -0.426. The summed E-state index contributed by atoms with van der Waals surface area (Å²) in [5, 5.41) is 3.32. The molecule has 1 unspecified atom stereocenters. The van der Waals surface area contributed by atoms with Gasteiger partial charge in [-0.3, -0.25) is 10.6 Å². The number of hydrogen-bond acceptors (Lipinski definition) is 2. The molecule has 0 aliphatic heterocycles. The Kier molecular flexibility index (Phi) is 8.54. The number of halogens is 1. The number of hydrogen-bond donors (Lipinski definition) is 3. The van der Waals surface area contributed by atoms with Gasteiger partial charge in [0.2, 0.25) is 0 Å². The van der Waals surface area contributed by atoms with Crippen LogP contribution >= 0.6 is 0 Å². The fraction of sp³-hybridized carbons (Fsp3) is 0.318. The fourth-order valence-corrected chi connectivity index (χ4v) is 3.06. The van der Waals surface area contributed by atoms with Crippen molar-refractivity contribution in [3.8, 4) is 0 Å². The molecule has 0 saturated carbocycles. The Morgan fingerprint density at radius 3 is 2.15 bits per heavy atom. The van der Waals surface area contributed by atoms with Crippen molar-refractivity contribution in [1.29, 1.82) is 0 Å². The van der Waals surface area contributed by atoms with Gasteiger partial charge in [-0.05, 0) is 73.1 Å². The van der Waals surface area contributed by atoms with Crippen LogP contribution < -0.4 is 29.0 Å². The van der Waals surface area contributed by atoms with Gasteiger partial charge in [0.05, 0.1) is 0 Å². The van der Waals surface area contributed by atoms with E-state index in [4.69, 9.17) is 0 Å². The standard InChI is InChI=1S/C22H29N3O.ClH/c1-14-11-15(2)18(5)20(17(14)4)12-21(22(26)25-23)24-13-16(3)19-9-7-6-8-10-19;/h6-12,16,24H,13,23H2,1-5H3,(H,25,26);1H/b21-12+;. The van der Waals surface area contributed by atoms with Crippen molar-refractivity contribution in [3.63, 3.8) is 0 Å². The highest BCUT2D eigenvalue weighted by Crippen LogP contribution is 2.24. The van der Waals surface area contributed by atoms with Crippen LogP contribution in [-0.2, 0) is 4.79 Å². The summed E-state index contributed by atoms with van der Waals surface area (Å²) in [6.07, 6.45) is 1.95. The quantitative estimate of drug-likeness (QED) is 0.480. The van der Waals surface area contributed by atoms with E-state index in [-0.39, 0.29) is 18.3 Å². The number of rotatable bonds is 6. The lowest BCUT2D eigenvalue weighted by Crippen LogP contribution is -3.00. The van der Waals surface area contributed by atoms with E-state index in [0.29, 0.717) is 18.2 Å². The molecule has 2 aromatic carbocycles. The molecule has 1 amide bonds. The normalized spacial score (nSPS) is 12.1. The van der Waals surface area contributed by atoms with Crippen molar-refractivity contribution in [1.82, 2.24) is 10.7 Å². The first kappa shape index (κ1) is 22.7. The summed E-state index contributed by atoms with van der Waals surface area (Å²) >= 11 is 0. The largest absolute Gasteiger partial charge is 1.00 e. The molecule has 2 aromatic rings. The van der Waals surface area contributed by atoms with Gasteiger partial charge in [0.15, 0.2) is 0 Å². The zero-order valence-corrected chi connectivity index (χ0v) is 17.6. The second kappa shape index (κ2) is 10.1. The van der Waals surface area contributed by atoms with Gasteiger partial charge < -0.3 is 17.7 Å². The summed E-state index contributed by atoms with van der Waals surface area (Å²) in [5.74, 6) is 3.62. The first-order chi connectivity index (χ1) is 12.3. The minimum absolute atomic E-state index is 0. The Morgan fingerprint density at radius 1 is 1.07 bits per heavy atom. The second-order valence-electron chi connectivity index (χ2n) is 6.93. The highest BCUT2D eigenvalue weighted by Gasteiger charge is 2.14. The van der Waals surface area contributed by atoms with Gasteiger partial charge in [-0.2, -0.15) is 0 Å². The van der Waals surface area contributed by atoms with Crippen LogP contribution in [0.2, 0.25) is 0 Å². The van der Waals surface area contributed by atoms with E-state index in [0.717, 1.165) is 5.56 Å². The maximum Gasteiger partial charge on any atom is 0.311 e. The van der Waals surface area contributed by atoms with Crippen molar-refractivity contribution < 1.29 is 23.0 Å². The van der Waals surface area contributed by atoms with Crippen LogP contribution in [-0.4, -0.2) is 12.5 Å². The van der Waals surface area contributed by atoms with Crippen molar-refractivity contribution in [3.05, 3.63) is 75.5 Å². The van der Waals surface area contributed by atoms with Crippen LogP contribution in [0.1, 0.15) is 46.2 Å². The molecule has 0 spiro atoms. The maximum atomic E-state index is 12.4. The summed E-state index contributed by atoms with van der Waals surface area (Å²) in [6, 6.07) is 12.5. The third-order valence-corrected chi connectivity index (χ3v) is 5.09. The molecule has 5 N–H and O–H groups in total. The minimum atomic E-state index is -0.205. The number of aryl methyl sites for hydroxylation is 2. The maximum absolute atomic E-state index is 12.4. The molecular weight excluding hydrogens is 358 g/mol. The summed E-state index contributed by atoms with van der Waals surface area (Å²) in [6.45, 7) is 11.2. The van der Waals surface area contributed by atoms with Crippen LogP contribution in [0.25, 0.3) is 6.08 Å². The SMILES string of the molecule is Cc1cc(C)c(C)c(/C=C(/NCC(C)c2ccccc2)C(=O)N[NH3+])c1C.[Cl-]. The van der Waals surface area contributed by atoms with Crippen molar-refractivity contribution in [2.45, 2.75) is 40.5 Å². The van der Waals surface area contributed by atoms with E-state index in [1.807, 2.05) is 24.3 Å². The van der Waals surface area contributed by atoms with Crippen molar-refractivity contribution >= 4 is 12.0 Å². The minimum Gasteiger partial charge on any atom is -1.00 e. The van der Waals surface area contributed by atoms with Gasteiger partial charge in [0.25, 0.3) is 0 Å². The van der Waals surface area contributed by atoms with Crippen molar-refractivity contribution in [2.24, 2.45) is 0 Å². The zero-order valence-electron chi connectivity index (χ0n) is 16.8. The number of carbonyl (C=O) groups excluding carboxylic acids is 1. The summed E-state index contributed by atoms with van der Waals surface area (Å²) < 4.78 is 0. The fourth-order valence-electron chi connectivity index (χ4n) is 3.06. The van der Waals surface area contributed by atoms with Gasteiger partial charge in [0, 0.05) is 6.54 Å². The van der Waals surface area contributed by atoms with Gasteiger partial charge in [-0.15, -0.1) is 0 Å². The molecule has 146 valence electrons. The highest BCUT2D eigenvalue weighted by atomic mass is 35.5. The number of benzene rings is 2. The predicted octanol–water partition coefficient (Wildman–Crippen LogP) is -0.0684. The number of quaternary nitrogens is 1.